The average molecular weight is 316 g/mol. The Morgan fingerprint density at radius 2 is 1.91 bits per heavy atom. The van der Waals surface area contributed by atoms with Crippen LogP contribution in [0.5, 0.6) is 0 Å². The summed E-state index contributed by atoms with van der Waals surface area (Å²) < 4.78 is 20.2. The second-order valence-electron chi connectivity index (χ2n) is 5.87. The smallest absolute Gasteiger partial charge is 0.222 e. The van der Waals surface area contributed by atoms with Crippen molar-refractivity contribution < 1.29 is 9.13 Å². The van der Waals surface area contributed by atoms with Gasteiger partial charge in [0.25, 0.3) is 0 Å². The second-order valence-corrected chi connectivity index (χ2v) is 5.87. The molecule has 1 aliphatic rings. The van der Waals surface area contributed by atoms with Gasteiger partial charge in [0.15, 0.2) is 0 Å². The number of benzene rings is 1. The van der Waals surface area contributed by atoms with Crippen LogP contribution in [0.15, 0.2) is 36.7 Å². The van der Waals surface area contributed by atoms with Gasteiger partial charge >= 0.3 is 0 Å². The van der Waals surface area contributed by atoms with E-state index >= 15 is 0 Å². The van der Waals surface area contributed by atoms with Crippen molar-refractivity contribution in [3.63, 3.8) is 0 Å². The van der Waals surface area contributed by atoms with E-state index in [1.807, 2.05) is 30.9 Å². The molecule has 5 nitrogen and oxygen atoms in total. The van der Waals surface area contributed by atoms with Crippen LogP contribution in [-0.4, -0.2) is 35.3 Å². The van der Waals surface area contributed by atoms with Crippen molar-refractivity contribution in [2.45, 2.75) is 32.6 Å². The normalized spacial score (nSPS) is 21.3. The minimum Gasteiger partial charge on any atom is -0.372 e. The first-order chi connectivity index (χ1) is 11.1. The molecular formula is C17H21FN4O. The molecule has 0 amide bonds. The summed E-state index contributed by atoms with van der Waals surface area (Å²) in [6, 6.07) is 7.09. The zero-order valence-corrected chi connectivity index (χ0v) is 13.4. The van der Waals surface area contributed by atoms with Gasteiger partial charge in [0.1, 0.15) is 5.82 Å². The number of halogens is 1. The molecule has 2 heterocycles. The molecular weight excluding hydrogens is 295 g/mol. The maximum absolute atomic E-state index is 14.5. The highest BCUT2D eigenvalue weighted by atomic mass is 19.1. The molecule has 2 atom stereocenters. The number of rotatable bonds is 4. The van der Waals surface area contributed by atoms with Gasteiger partial charge in [0.2, 0.25) is 5.95 Å². The molecule has 1 saturated heterocycles. The van der Waals surface area contributed by atoms with E-state index in [9.17, 15) is 4.39 Å². The maximum atomic E-state index is 14.5. The van der Waals surface area contributed by atoms with E-state index < -0.39 is 0 Å². The average Bonchev–Trinajstić information content (AvgIpc) is 2.53. The van der Waals surface area contributed by atoms with Crippen molar-refractivity contribution in [2.24, 2.45) is 0 Å². The zero-order chi connectivity index (χ0) is 16.2. The Hall–Kier alpha value is -2.21. The van der Waals surface area contributed by atoms with Gasteiger partial charge in [-0.2, -0.15) is 0 Å². The first kappa shape index (κ1) is 15.7. The molecule has 0 radical (unpaired) electrons. The van der Waals surface area contributed by atoms with Crippen LogP contribution in [0.2, 0.25) is 0 Å². The monoisotopic (exact) mass is 316 g/mol. The molecule has 1 fully saturated rings. The van der Waals surface area contributed by atoms with Crippen molar-refractivity contribution in [3.05, 3.63) is 48.0 Å². The van der Waals surface area contributed by atoms with Crippen molar-refractivity contribution in [1.29, 1.82) is 0 Å². The molecule has 122 valence electrons. The Balaban J connectivity index is 1.68. The fourth-order valence-corrected chi connectivity index (χ4v) is 2.86. The third-order valence-electron chi connectivity index (χ3n) is 3.79. The van der Waals surface area contributed by atoms with E-state index in [0.29, 0.717) is 31.3 Å². The first-order valence-corrected chi connectivity index (χ1v) is 7.81. The number of morpholine rings is 1. The van der Waals surface area contributed by atoms with Gasteiger partial charge in [-0.25, -0.2) is 14.4 Å². The van der Waals surface area contributed by atoms with E-state index in [1.165, 1.54) is 0 Å². The largest absolute Gasteiger partial charge is 0.372 e. The van der Waals surface area contributed by atoms with Gasteiger partial charge in [-0.3, -0.25) is 0 Å². The third-order valence-corrected chi connectivity index (χ3v) is 3.79. The Morgan fingerprint density at radius 3 is 2.57 bits per heavy atom. The van der Waals surface area contributed by atoms with Gasteiger partial charge < -0.3 is 15.0 Å². The van der Waals surface area contributed by atoms with Crippen LogP contribution in [0.3, 0.4) is 0 Å². The number of hydrogen-bond acceptors (Lipinski definition) is 5. The summed E-state index contributed by atoms with van der Waals surface area (Å²) in [5.74, 6) is 0.326. The quantitative estimate of drug-likeness (QED) is 0.940. The highest BCUT2D eigenvalue weighted by molar-refractivity contribution is 5.50. The molecule has 23 heavy (non-hydrogen) atoms. The Kier molecular flexibility index (Phi) is 4.71. The summed E-state index contributed by atoms with van der Waals surface area (Å²) in [7, 11) is 0. The summed E-state index contributed by atoms with van der Waals surface area (Å²) in [6.07, 6.45) is 3.55. The number of nitrogens with one attached hydrogen (secondary N) is 1. The lowest BCUT2D eigenvalue weighted by Crippen LogP contribution is -2.45. The lowest BCUT2D eigenvalue weighted by atomic mass is 10.1. The fourth-order valence-electron chi connectivity index (χ4n) is 2.86. The number of aromatic nitrogens is 2. The molecule has 0 aliphatic carbocycles. The SMILES string of the molecule is C[C@@H]1CN(c2ccc(CNc3ncccn3)cc2F)C[C@H](C)O1. The van der Waals surface area contributed by atoms with Gasteiger partial charge in [0, 0.05) is 32.0 Å². The number of nitrogens with zero attached hydrogens (tertiary/aromatic N) is 3. The minimum absolute atomic E-state index is 0.106. The standard InChI is InChI=1S/C17H21FN4O/c1-12-10-22(11-13(2)23-12)16-5-4-14(8-15(16)18)9-21-17-19-6-3-7-20-17/h3-8,12-13H,9-11H2,1-2H3,(H,19,20,21)/t12-,13+. The van der Waals surface area contributed by atoms with Crippen LogP contribution < -0.4 is 10.2 Å². The predicted octanol–water partition coefficient (Wildman–Crippen LogP) is 2.84. The van der Waals surface area contributed by atoms with Crippen LogP contribution >= 0.6 is 0 Å². The molecule has 0 spiro atoms. The lowest BCUT2D eigenvalue weighted by molar-refractivity contribution is -0.00539. The predicted molar refractivity (Wildman–Crippen MR) is 88.0 cm³/mol. The summed E-state index contributed by atoms with van der Waals surface area (Å²) in [5.41, 5.74) is 1.49. The molecule has 1 N–H and O–H groups in total. The first-order valence-electron chi connectivity index (χ1n) is 7.81. The van der Waals surface area contributed by atoms with Crippen molar-refractivity contribution in [2.75, 3.05) is 23.3 Å². The molecule has 0 bridgehead atoms. The zero-order valence-electron chi connectivity index (χ0n) is 13.4. The number of ether oxygens (including phenoxy) is 1. The third kappa shape index (κ3) is 3.96. The van der Waals surface area contributed by atoms with Crippen molar-refractivity contribution in [3.8, 4) is 0 Å². The molecule has 6 heteroatoms. The van der Waals surface area contributed by atoms with Gasteiger partial charge in [0.05, 0.1) is 17.9 Å². The van der Waals surface area contributed by atoms with E-state index in [1.54, 1.807) is 24.5 Å². The van der Waals surface area contributed by atoms with Gasteiger partial charge in [-0.1, -0.05) is 6.07 Å². The Labute approximate surface area is 135 Å². The second kappa shape index (κ2) is 6.91. The summed E-state index contributed by atoms with van der Waals surface area (Å²) in [4.78, 5) is 10.2. The summed E-state index contributed by atoms with van der Waals surface area (Å²) in [5, 5.41) is 3.08. The van der Waals surface area contributed by atoms with E-state index in [0.717, 1.165) is 5.56 Å². The molecule has 0 saturated carbocycles. The van der Waals surface area contributed by atoms with Crippen molar-refractivity contribution in [1.82, 2.24) is 9.97 Å². The van der Waals surface area contributed by atoms with Crippen LogP contribution in [-0.2, 0) is 11.3 Å². The molecule has 1 aliphatic heterocycles. The Morgan fingerprint density at radius 1 is 1.22 bits per heavy atom. The summed E-state index contributed by atoms with van der Waals surface area (Å²) in [6.45, 7) is 5.92. The fraction of sp³-hybridized carbons (Fsp3) is 0.412. The summed E-state index contributed by atoms with van der Waals surface area (Å²) >= 11 is 0. The molecule has 0 unspecified atom stereocenters. The van der Waals surface area contributed by atoms with Gasteiger partial charge in [-0.05, 0) is 37.6 Å². The number of anilines is 2. The van der Waals surface area contributed by atoms with Crippen LogP contribution in [0.4, 0.5) is 16.0 Å². The van der Waals surface area contributed by atoms with Gasteiger partial charge in [-0.15, -0.1) is 0 Å². The maximum Gasteiger partial charge on any atom is 0.222 e. The van der Waals surface area contributed by atoms with E-state index in [2.05, 4.69) is 15.3 Å². The number of hydrogen-bond donors (Lipinski definition) is 1. The van der Waals surface area contributed by atoms with Crippen molar-refractivity contribution >= 4 is 11.6 Å². The topological polar surface area (TPSA) is 50.3 Å². The molecule has 2 aromatic rings. The molecule has 1 aromatic carbocycles. The highest BCUT2D eigenvalue weighted by Crippen LogP contribution is 2.24. The van der Waals surface area contributed by atoms with Crippen LogP contribution in [0.1, 0.15) is 19.4 Å². The van der Waals surface area contributed by atoms with E-state index in [-0.39, 0.29) is 18.0 Å². The lowest BCUT2D eigenvalue weighted by Gasteiger charge is -2.37. The van der Waals surface area contributed by atoms with E-state index in [4.69, 9.17) is 4.74 Å². The molecule has 1 aromatic heterocycles. The highest BCUT2D eigenvalue weighted by Gasteiger charge is 2.24. The Bertz CT molecular complexity index is 642. The van der Waals surface area contributed by atoms with Crippen LogP contribution in [0.25, 0.3) is 0 Å². The molecule has 3 rings (SSSR count). The minimum atomic E-state index is -0.209. The van der Waals surface area contributed by atoms with Crippen LogP contribution in [0, 0.1) is 5.82 Å².